The molecule has 0 aliphatic carbocycles. The first-order chi connectivity index (χ1) is 14.4. The Bertz CT molecular complexity index is 1090. The minimum atomic E-state index is -1.15. The lowest BCUT2D eigenvalue weighted by Crippen LogP contribution is -2.39. The van der Waals surface area contributed by atoms with Gasteiger partial charge < -0.3 is 25.2 Å². The second-order valence-corrected chi connectivity index (χ2v) is 7.03. The number of hydrogen-bond donors (Lipinski definition) is 3. The quantitative estimate of drug-likeness (QED) is 0.459. The molecule has 0 fully saturated rings. The fourth-order valence-electron chi connectivity index (χ4n) is 2.74. The number of nitrogens with one attached hydrogen (secondary N) is 2. The Balaban J connectivity index is 1.72. The number of thiazole rings is 1. The number of carboxylic acid groups (broad SMARTS) is 1. The molecule has 2 aromatic heterocycles. The van der Waals surface area contributed by atoms with Crippen molar-refractivity contribution in [3.05, 3.63) is 35.5 Å². The van der Waals surface area contributed by atoms with Crippen LogP contribution in [-0.2, 0) is 20.8 Å². The zero-order valence-electron chi connectivity index (χ0n) is 16.3. The van der Waals surface area contributed by atoms with Crippen LogP contribution in [0, 0.1) is 0 Å². The van der Waals surface area contributed by atoms with Gasteiger partial charge in [0.1, 0.15) is 18.0 Å². The van der Waals surface area contributed by atoms with Crippen LogP contribution in [0.25, 0.3) is 16.2 Å². The number of aromatic nitrogens is 2. The van der Waals surface area contributed by atoms with Gasteiger partial charge in [0.2, 0.25) is 11.8 Å². The van der Waals surface area contributed by atoms with E-state index in [4.69, 9.17) is 14.6 Å². The number of carbonyl (C=O) groups excluding carboxylic acids is 2. The van der Waals surface area contributed by atoms with E-state index in [1.807, 2.05) is 22.0 Å². The summed E-state index contributed by atoms with van der Waals surface area (Å²) < 4.78 is 12.5. The van der Waals surface area contributed by atoms with E-state index < -0.39 is 18.4 Å². The molecule has 3 rings (SSSR count). The lowest BCUT2D eigenvalue weighted by molar-refractivity contribution is -0.137. The second kappa shape index (κ2) is 9.27. The van der Waals surface area contributed by atoms with Gasteiger partial charge in [-0.3, -0.25) is 18.8 Å². The summed E-state index contributed by atoms with van der Waals surface area (Å²) in [5.41, 5.74) is 2.14. The topological polar surface area (TPSA) is 131 Å². The Morgan fingerprint density at radius 2 is 1.90 bits per heavy atom. The third kappa shape index (κ3) is 4.87. The minimum Gasteiger partial charge on any atom is -0.497 e. The molecule has 0 saturated heterocycles. The molecular weight excluding hydrogens is 412 g/mol. The van der Waals surface area contributed by atoms with E-state index in [9.17, 15) is 14.4 Å². The van der Waals surface area contributed by atoms with Gasteiger partial charge >= 0.3 is 5.97 Å². The Hall–Kier alpha value is -3.60. The second-order valence-electron chi connectivity index (χ2n) is 6.20. The third-order valence-electron chi connectivity index (χ3n) is 4.19. The van der Waals surface area contributed by atoms with Gasteiger partial charge in [-0.05, 0) is 18.2 Å². The van der Waals surface area contributed by atoms with E-state index >= 15 is 0 Å². The summed E-state index contributed by atoms with van der Waals surface area (Å²) in [6, 6.07) is 5.42. The summed E-state index contributed by atoms with van der Waals surface area (Å²) >= 11 is 1.39. The number of hydrogen-bond acceptors (Lipinski definition) is 7. The Labute approximate surface area is 175 Å². The molecule has 1 aromatic carbocycles. The maximum atomic E-state index is 12.2. The number of ether oxygens (including phenoxy) is 2. The first kappa shape index (κ1) is 21.1. The van der Waals surface area contributed by atoms with Gasteiger partial charge in [0.15, 0.2) is 4.96 Å². The van der Waals surface area contributed by atoms with Gasteiger partial charge in [0.25, 0.3) is 0 Å². The van der Waals surface area contributed by atoms with Crippen LogP contribution in [0.1, 0.15) is 5.69 Å². The highest BCUT2D eigenvalue weighted by Gasteiger charge is 2.16. The fraction of sp³-hybridized carbons (Fsp3) is 0.263. The van der Waals surface area contributed by atoms with Crippen LogP contribution in [0.2, 0.25) is 0 Å². The van der Waals surface area contributed by atoms with Crippen molar-refractivity contribution >= 4 is 34.1 Å². The monoisotopic (exact) mass is 432 g/mol. The number of aliphatic carboxylic acids is 1. The van der Waals surface area contributed by atoms with Crippen LogP contribution < -0.4 is 20.1 Å². The number of methoxy groups -OCH3 is 2. The Morgan fingerprint density at radius 3 is 2.60 bits per heavy atom. The first-order valence-electron chi connectivity index (χ1n) is 8.84. The van der Waals surface area contributed by atoms with Crippen molar-refractivity contribution in [1.82, 2.24) is 20.0 Å². The van der Waals surface area contributed by atoms with Crippen molar-refractivity contribution in [2.24, 2.45) is 0 Å². The average molecular weight is 432 g/mol. The predicted octanol–water partition coefficient (Wildman–Crippen LogP) is 0.939. The van der Waals surface area contributed by atoms with Gasteiger partial charge in [-0.2, -0.15) is 0 Å². The van der Waals surface area contributed by atoms with E-state index in [1.54, 1.807) is 26.4 Å². The number of carboxylic acids is 1. The Kier molecular flexibility index (Phi) is 6.52. The highest BCUT2D eigenvalue weighted by Crippen LogP contribution is 2.34. The molecule has 0 unspecified atom stereocenters. The summed E-state index contributed by atoms with van der Waals surface area (Å²) in [7, 11) is 3.15. The van der Waals surface area contributed by atoms with Crippen LogP contribution in [0.5, 0.6) is 11.5 Å². The Morgan fingerprint density at radius 1 is 1.13 bits per heavy atom. The normalized spacial score (nSPS) is 10.6. The number of rotatable bonds is 9. The van der Waals surface area contributed by atoms with Crippen LogP contribution >= 0.6 is 11.3 Å². The molecule has 30 heavy (non-hydrogen) atoms. The van der Waals surface area contributed by atoms with Crippen LogP contribution in [-0.4, -0.2) is 59.6 Å². The maximum absolute atomic E-state index is 12.2. The van der Waals surface area contributed by atoms with Gasteiger partial charge in [-0.15, -0.1) is 11.3 Å². The predicted molar refractivity (Wildman–Crippen MR) is 109 cm³/mol. The van der Waals surface area contributed by atoms with E-state index in [-0.39, 0.29) is 18.9 Å². The van der Waals surface area contributed by atoms with Crippen molar-refractivity contribution in [2.75, 3.05) is 27.3 Å². The molecule has 2 amide bonds. The summed E-state index contributed by atoms with van der Waals surface area (Å²) in [4.78, 5) is 39.4. The van der Waals surface area contributed by atoms with Gasteiger partial charge in [0.05, 0.1) is 32.9 Å². The molecule has 0 spiro atoms. The standard InChI is InChI=1S/C19H20N4O6S/c1-28-12-3-4-15(29-2)13(6-12)14-9-23-11(10-30-19(23)22-14)5-16(24)20-7-17(25)21-8-18(26)27/h3-4,6,9-10H,5,7-8H2,1-2H3,(H,20,24)(H,21,25)(H,26,27). The molecule has 0 aliphatic heterocycles. The number of amides is 2. The smallest absolute Gasteiger partial charge is 0.322 e. The zero-order valence-corrected chi connectivity index (χ0v) is 17.1. The molecule has 2 heterocycles. The number of fused-ring (bicyclic) bond motifs is 1. The molecule has 3 aromatic rings. The highest BCUT2D eigenvalue weighted by molar-refractivity contribution is 7.15. The third-order valence-corrected chi connectivity index (χ3v) is 5.08. The fourth-order valence-corrected chi connectivity index (χ4v) is 3.62. The number of carbonyl (C=O) groups is 3. The first-order valence-corrected chi connectivity index (χ1v) is 9.72. The molecule has 0 radical (unpaired) electrons. The SMILES string of the molecule is COc1ccc(OC)c(-c2cn3c(CC(=O)NCC(=O)NCC(=O)O)csc3n2)c1. The number of benzene rings is 1. The summed E-state index contributed by atoms with van der Waals surface area (Å²) in [5, 5.41) is 15.0. The molecule has 0 atom stereocenters. The average Bonchev–Trinajstić information content (AvgIpc) is 3.32. The van der Waals surface area contributed by atoms with E-state index in [1.165, 1.54) is 11.3 Å². The van der Waals surface area contributed by atoms with Crippen molar-refractivity contribution in [3.8, 4) is 22.8 Å². The molecule has 0 aliphatic rings. The number of imidazole rings is 1. The molecule has 3 N–H and O–H groups in total. The number of nitrogens with zero attached hydrogens (tertiary/aromatic N) is 2. The van der Waals surface area contributed by atoms with Crippen LogP contribution in [0.3, 0.4) is 0 Å². The van der Waals surface area contributed by atoms with E-state index in [0.29, 0.717) is 27.8 Å². The molecule has 11 heteroatoms. The summed E-state index contributed by atoms with van der Waals surface area (Å²) in [6.07, 6.45) is 1.85. The molecule has 158 valence electrons. The molecule has 10 nitrogen and oxygen atoms in total. The lowest BCUT2D eigenvalue weighted by Gasteiger charge is -2.08. The minimum absolute atomic E-state index is 0.0389. The van der Waals surface area contributed by atoms with Crippen molar-refractivity contribution < 1.29 is 29.0 Å². The van der Waals surface area contributed by atoms with Gasteiger partial charge in [-0.1, -0.05) is 0 Å². The molecule has 0 bridgehead atoms. The maximum Gasteiger partial charge on any atom is 0.322 e. The van der Waals surface area contributed by atoms with Gasteiger partial charge in [0, 0.05) is 22.8 Å². The van der Waals surface area contributed by atoms with Crippen molar-refractivity contribution in [3.63, 3.8) is 0 Å². The lowest BCUT2D eigenvalue weighted by atomic mass is 10.1. The summed E-state index contributed by atoms with van der Waals surface area (Å²) in [6.45, 7) is -0.791. The van der Waals surface area contributed by atoms with Crippen molar-refractivity contribution in [1.29, 1.82) is 0 Å². The largest absolute Gasteiger partial charge is 0.497 e. The zero-order chi connectivity index (χ0) is 21.7. The highest BCUT2D eigenvalue weighted by atomic mass is 32.1. The van der Waals surface area contributed by atoms with Crippen molar-refractivity contribution in [2.45, 2.75) is 6.42 Å². The van der Waals surface area contributed by atoms with E-state index in [0.717, 1.165) is 5.56 Å². The molecular formula is C19H20N4O6S. The molecule has 0 saturated carbocycles. The van der Waals surface area contributed by atoms with Crippen LogP contribution in [0.4, 0.5) is 0 Å². The summed E-state index contributed by atoms with van der Waals surface area (Å²) in [5.74, 6) is -0.777. The van der Waals surface area contributed by atoms with E-state index in [2.05, 4.69) is 15.6 Å². The van der Waals surface area contributed by atoms with Gasteiger partial charge in [-0.25, -0.2) is 4.98 Å². The van der Waals surface area contributed by atoms with Crippen LogP contribution in [0.15, 0.2) is 29.8 Å².